The molecule has 0 fully saturated rings. The van der Waals surface area contributed by atoms with E-state index in [9.17, 15) is 0 Å². The molecule has 0 bridgehead atoms. The fourth-order valence-corrected chi connectivity index (χ4v) is 18.2. The molecule has 0 atom stereocenters. The second-order valence-electron chi connectivity index (χ2n) is 34.9. The summed E-state index contributed by atoms with van der Waals surface area (Å²) in [5.74, 6) is 0. The monoisotopic (exact) mass is 2160 g/mol. The Kier molecular flexibility index (Phi) is 35.3. The molecule has 23 rings (SSSR count). The molecule has 0 unspecified atom stereocenters. The van der Waals surface area contributed by atoms with Crippen molar-refractivity contribution in [3.05, 3.63) is 637 Å². The van der Waals surface area contributed by atoms with E-state index in [1.807, 2.05) is 78.9 Å². The van der Waals surface area contributed by atoms with Crippen LogP contribution in [0.2, 0.25) is 0 Å². The Hall–Kier alpha value is -17.2. The molecule has 0 aliphatic carbocycles. The van der Waals surface area contributed by atoms with Gasteiger partial charge in [-0.15, -0.1) is 0 Å². The van der Waals surface area contributed by atoms with Gasteiger partial charge in [-0.05, 0) is 319 Å². The lowest BCUT2D eigenvalue weighted by atomic mass is 10.00. The number of nitrogens with one attached hydrogen (secondary N) is 2. The first kappa shape index (κ1) is 101. The van der Waals surface area contributed by atoms with Crippen LogP contribution in [-0.2, 0) is 0 Å². The Bertz CT molecular complexity index is 7880. The number of hydrogen-bond acceptors (Lipinski definition) is 6. The number of halogens is 4. The SMILES string of the molecule is Brc1ccc(-c2ccc(-c3ccc(N(c4ccccc4)c4ccc(-c5ccccc5)cc4)cc3)cc2)cc1.Brc1ccc(-c2ccc(Br)cc2)cc1.Brc1ccc(-c2ccc(N(c3ccccc3)c3ccc(-c4ccccc4)cc3)cc2)cc1.Nc1ccccc1.c1ccc(Nc2ccc(-c3ccc(N(c4ccccc4)c4ccc(-c5ccccc5)cc4)cc3)cc2)cc1.c1ccc(Nc2ccc(-c3ccccc3)cc2)cc1. The van der Waals surface area contributed by atoms with E-state index in [0.29, 0.717) is 0 Å². The van der Waals surface area contributed by atoms with Crippen LogP contribution < -0.4 is 31.1 Å². The van der Waals surface area contributed by atoms with E-state index in [-0.39, 0.29) is 0 Å². The lowest BCUT2D eigenvalue weighted by molar-refractivity contribution is 1.28. The van der Waals surface area contributed by atoms with Crippen LogP contribution in [0.4, 0.5) is 79.6 Å². The molecule has 0 saturated carbocycles. The number of nitrogens with zero attached hydrogens (tertiary/aromatic N) is 3. The van der Waals surface area contributed by atoms with Crippen LogP contribution in [0, 0.1) is 0 Å². The van der Waals surface area contributed by atoms with E-state index in [1.54, 1.807) is 0 Å². The normalized spacial score (nSPS) is 10.5. The lowest BCUT2D eigenvalue weighted by Crippen LogP contribution is -2.09. The lowest BCUT2D eigenvalue weighted by Gasteiger charge is -2.26. The molecule has 0 saturated heterocycles. The van der Waals surface area contributed by atoms with E-state index in [1.165, 1.54) is 100 Å². The molecule has 0 aliphatic heterocycles. The van der Waals surface area contributed by atoms with E-state index in [0.717, 1.165) is 97.5 Å². The third kappa shape index (κ3) is 28.3. The number of nitrogen functional groups attached to an aromatic ring is 1. The molecule has 23 aromatic carbocycles. The van der Waals surface area contributed by atoms with Crippen molar-refractivity contribution in [2.24, 2.45) is 0 Å². The van der Waals surface area contributed by atoms with Crippen molar-refractivity contribution in [1.82, 2.24) is 0 Å². The minimum Gasteiger partial charge on any atom is -0.399 e. The van der Waals surface area contributed by atoms with E-state index < -0.39 is 0 Å². The number of hydrogen-bond donors (Lipinski definition) is 3. The second kappa shape index (κ2) is 51.8. The van der Waals surface area contributed by atoms with Crippen molar-refractivity contribution in [1.29, 1.82) is 0 Å². The van der Waals surface area contributed by atoms with Gasteiger partial charge in [0.25, 0.3) is 0 Å². The first-order valence-corrected chi connectivity index (χ1v) is 52.3. The topological polar surface area (TPSA) is 59.8 Å². The first-order valence-electron chi connectivity index (χ1n) is 49.1. The molecule has 4 N–H and O–H groups in total. The Morgan fingerprint density at radius 3 is 0.392 bits per heavy atom. The molecule has 0 aromatic heterocycles. The fraction of sp³-hybridized carbons (Fsp3) is 0. The smallest absolute Gasteiger partial charge is 0.0462 e. The minimum absolute atomic E-state index is 0.822. The Morgan fingerprint density at radius 2 is 0.230 bits per heavy atom. The average molecular weight is 2170 g/mol. The van der Waals surface area contributed by atoms with Gasteiger partial charge in [0.2, 0.25) is 0 Å². The van der Waals surface area contributed by atoms with Crippen LogP contribution in [0.3, 0.4) is 0 Å². The number of rotatable bonds is 22. The molecule has 23 aromatic rings. The quantitative estimate of drug-likeness (QED) is 0.0588. The minimum atomic E-state index is 0.822. The predicted octanol–water partition coefficient (Wildman–Crippen LogP) is 41.7. The highest BCUT2D eigenvalue weighted by Gasteiger charge is 2.19. The molecule has 10 heteroatoms. The number of para-hydroxylation sites is 6. The van der Waals surface area contributed by atoms with Crippen LogP contribution in [0.25, 0.3) is 100 Å². The van der Waals surface area contributed by atoms with Gasteiger partial charge in [-0.3, -0.25) is 0 Å². The number of nitrogens with two attached hydrogens (primary N) is 1. The maximum atomic E-state index is 5.36. The van der Waals surface area contributed by atoms with Gasteiger partial charge in [0.1, 0.15) is 0 Å². The van der Waals surface area contributed by atoms with Gasteiger partial charge in [0.15, 0.2) is 0 Å². The van der Waals surface area contributed by atoms with Crippen LogP contribution in [0.5, 0.6) is 0 Å². The maximum absolute atomic E-state index is 5.36. The predicted molar refractivity (Wildman–Crippen MR) is 646 cm³/mol. The highest BCUT2D eigenvalue weighted by atomic mass is 79.9. The maximum Gasteiger partial charge on any atom is 0.0462 e. The van der Waals surface area contributed by atoms with Gasteiger partial charge in [-0.1, -0.05) is 464 Å². The zero-order valence-electron chi connectivity index (χ0n) is 81.3. The van der Waals surface area contributed by atoms with Crippen molar-refractivity contribution in [3.63, 3.8) is 0 Å². The van der Waals surface area contributed by atoms with Crippen molar-refractivity contribution in [3.8, 4) is 100 Å². The van der Waals surface area contributed by atoms with Gasteiger partial charge < -0.3 is 31.1 Å². The molecule has 0 spiro atoms. The van der Waals surface area contributed by atoms with Crippen LogP contribution >= 0.6 is 63.7 Å². The summed E-state index contributed by atoms with van der Waals surface area (Å²) in [6, 6.07) is 215. The molecule has 0 heterocycles. The second-order valence-corrected chi connectivity index (χ2v) is 38.6. The summed E-state index contributed by atoms with van der Waals surface area (Å²) >= 11 is 13.9. The highest BCUT2D eigenvalue weighted by Crippen LogP contribution is 2.43. The first-order chi connectivity index (χ1) is 72.9. The molecule has 6 nitrogen and oxygen atoms in total. The van der Waals surface area contributed by atoms with Gasteiger partial charge in [-0.25, -0.2) is 0 Å². The summed E-state index contributed by atoms with van der Waals surface area (Å²) in [4.78, 5) is 6.89. The van der Waals surface area contributed by atoms with Crippen LogP contribution in [-0.4, -0.2) is 0 Å². The van der Waals surface area contributed by atoms with Gasteiger partial charge in [0, 0.05) is 97.5 Å². The standard InChI is InChI=1S/C36H26BrN.C36H28N2.C30H22BrN.C18H15N.C12H8Br2.C6H7N/c37-33-21-15-30(16-22-33)28-11-13-29(14-12-28)32-19-25-36(26-20-32)38(34-9-5-2-6-10-34)35-23-17-31(18-24-35)27-7-3-1-4-8-27;1-4-10-28(11-5-1)30-18-24-35(25-19-30)38(34-14-8-3-9-15-34)36-26-20-31(21-27-36)29-16-22-33(23-17-29)37-32-12-6-2-7-13-32;31-27-17-11-24(12-18-27)26-15-21-30(22-16-26)32(28-9-5-2-6-10-28)29-19-13-25(14-20-29)23-7-3-1-4-8-23;1-3-7-15(8-4-1)16-11-13-18(14-12-16)19-17-9-5-2-6-10-17;13-11-5-1-9(2-6-11)10-3-7-12(14)8-4-10;7-6-4-2-1-3-5-6/h1-26H;1-27,37H;1-22H;1-14,19H;1-8H;1-5H,7H2. The third-order valence-corrected chi connectivity index (χ3v) is 27.0. The van der Waals surface area contributed by atoms with Crippen molar-refractivity contribution < 1.29 is 0 Å². The van der Waals surface area contributed by atoms with E-state index in [4.69, 9.17) is 5.73 Å². The van der Waals surface area contributed by atoms with Crippen molar-refractivity contribution >= 4 is 143 Å². The zero-order chi connectivity index (χ0) is 101. The summed E-state index contributed by atoms with van der Waals surface area (Å²) in [5.41, 5.74) is 42.6. The number of anilines is 14. The largest absolute Gasteiger partial charge is 0.399 e. The molecule has 148 heavy (non-hydrogen) atoms. The Morgan fingerprint density at radius 1 is 0.115 bits per heavy atom. The Balaban J connectivity index is 0.000000123. The average Bonchev–Trinajstić information content (AvgIpc) is 0.804. The zero-order valence-corrected chi connectivity index (χ0v) is 87.7. The summed E-state index contributed by atoms with van der Waals surface area (Å²) in [6.07, 6.45) is 0. The number of benzene rings is 23. The van der Waals surface area contributed by atoms with Crippen LogP contribution in [0.1, 0.15) is 0 Å². The summed E-state index contributed by atoms with van der Waals surface area (Å²) < 4.78 is 4.40. The summed E-state index contributed by atoms with van der Waals surface area (Å²) in [5, 5.41) is 6.83. The van der Waals surface area contributed by atoms with E-state index in [2.05, 4.69) is 629 Å². The third-order valence-electron chi connectivity index (χ3n) is 24.8. The van der Waals surface area contributed by atoms with Crippen molar-refractivity contribution in [2.75, 3.05) is 31.1 Å². The molecular formula is C138H106Br4N6. The summed E-state index contributed by atoms with van der Waals surface area (Å²) in [6.45, 7) is 0. The summed E-state index contributed by atoms with van der Waals surface area (Å²) in [7, 11) is 0. The van der Waals surface area contributed by atoms with Gasteiger partial charge in [0.05, 0.1) is 0 Å². The Labute approximate surface area is 903 Å². The molecular weight excluding hydrogens is 2060 g/mol. The molecule has 0 amide bonds. The molecule has 0 aliphatic rings. The van der Waals surface area contributed by atoms with E-state index >= 15 is 0 Å². The van der Waals surface area contributed by atoms with Gasteiger partial charge >= 0.3 is 0 Å². The highest BCUT2D eigenvalue weighted by molar-refractivity contribution is 9.11. The van der Waals surface area contributed by atoms with Gasteiger partial charge in [-0.2, -0.15) is 0 Å². The van der Waals surface area contributed by atoms with Crippen LogP contribution in [0.15, 0.2) is 637 Å². The fourth-order valence-electron chi connectivity index (χ4n) is 17.2. The molecule has 0 radical (unpaired) electrons. The van der Waals surface area contributed by atoms with Crippen molar-refractivity contribution in [2.45, 2.75) is 0 Å². The molecule has 716 valence electrons.